The van der Waals surface area contributed by atoms with E-state index in [1.807, 2.05) is 0 Å². The number of hydrogen-bond donors (Lipinski definition) is 0. The average Bonchev–Trinajstić information content (AvgIpc) is 3.59. The van der Waals surface area contributed by atoms with E-state index in [0.717, 1.165) is 0 Å². The van der Waals surface area contributed by atoms with Crippen LogP contribution in [0.1, 0.15) is 52.1 Å². The molecular weight excluding hydrogens is 558 g/mol. The maximum atomic E-state index is 3.25. The van der Waals surface area contributed by atoms with E-state index in [2.05, 4.69) is 122 Å². The topological polar surface area (TPSA) is 0 Å². The summed E-state index contributed by atoms with van der Waals surface area (Å²) >= 11 is 0. The smallest absolute Gasteiger partial charge is 1.00 e. The van der Waals surface area contributed by atoms with Crippen molar-refractivity contribution in [1.29, 1.82) is 0 Å². The molecule has 0 heterocycles. The zero-order valence-corrected chi connectivity index (χ0v) is 24.1. The Morgan fingerprint density at radius 3 is 1.83 bits per heavy atom. The maximum Gasteiger partial charge on any atom is 4.00 e. The van der Waals surface area contributed by atoms with E-state index in [0.29, 0.717) is 5.92 Å². The standard InChI is InChI=1S/C31H21.C2H5.2ClH.Zr/c1-4-10-23-20(7-1)13-15-26(23)29-18-17-27-25-12-6-3-9-22(25)19-30(27)31(29)28-16-14-21-8-2-5-11-24(21)28;1-2;;;/h1-19,26,28H;1H2,2H3;2*1H;/q2*-1;;;+4/p-2. The molecule has 0 N–H and O–H groups in total. The van der Waals surface area contributed by atoms with Gasteiger partial charge in [0.15, 0.2) is 0 Å². The van der Waals surface area contributed by atoms with Crippen LogP contribution in [0.25, 0.3) is 33.7 Å². The molecule has 2 aliphatic rings. The Bertz CT molecular complexity index is 1560. The summed E-state index contributed by atoms with van der Waals surface area (Å²) in [6, 6.07) is 33.6. The van der Waals surface area contributed by atoms with Gasteiger partial charge >= 0.3 is 26.2 Å². The molecule has 0 aromatic heterocycles. The fraction of sp³-hybridized carbons (Fsp3) is 0.0909. The van der Waals surface area contributed by atoms with Crippen molar-refractivity contribution in [3.63, 3.8) is 0 Å². The number of hydrogen-bond acceptors (Lipinski definition) is 0. The molecule has 0 nitrogen and oxygen atoms in total. The molecule has 2 aliphatic carbocycles. The predicted octanol–water partition coefficient (Wildman–Crippen LogP) is 2.88. The van der Waals surface area contributed by atoms with Crippen molar-refractivity contribution in [2.45, 2.75) is 18.8 Å². The van der Waals surface area contributed by atoms with Crippen molar-refractivity contribution in [3.05, 3.63) is 143 Å². The first kappa shape index (κ1) is 28.3. The van der Waals surface area contributed by atoms with Gasteiger partial charge in [-0.05, 0) is 22.3 Å². The molecular formula is C33H26Cl2Zr. The molecule has 0 saturated carbocycles. The minimum atomic E-state index is 0. The summed E-state index contributed by atoms with van der Waals surface area (Å²) in [5.74, 6) is 0.586. The third kappa shape index (κ3) is 4.47. The predicted molar refractivity (Wildman–Crippen MR) is 143 cm³/mol. The van der Waals surface area contributed by atoms with Crippen LogP contribution in [0.5, 0.6) is 0 Å². The van der Waals surface area contributed by atoms with E-state index in [-0.39, 0.29) is 56.9 Å². The van der Waals surface area contributed by atoms with Crippen LogP contribution in [0.4, 0.5) is 0 Å². The molecule has 0 bridgehead atoms. The number of allylic oxidation sites excluding steroid dienone is 2. The molecule has 7 rings (SSSR count). The van der Waals surface area contributed by atoms with Crippen LogP contribution in [-0.2, 0) is 26.2 Å². The van der Waals surface area contributed by atoms with Crippen LogP contribution < -0.4 is 24.8 Å². The van der Waals surface area contributed by atoms with E-state index in [9.17, 15) is 0 Å². The second-order valence-corrected chi connectivity index (χ2v) is 8.69. The first-order valence-electron chi connectivity index (χ1n) is 11.7. The maximum absolute atomic E-state index is 3.25. The van der Waals surface area contributed by atoms with Gasteiger partial charge in [0.25, 0.3) is 0 Å². The van der Waals surface area contributed by atoms with Gasteiger partial charge < -0.3 is 31.7 Å². The van der Waals surface area contributed by atoms with Gasteiger partial charge in [-0.2, -0.15) is 6.92 Å². The summed E-state index contributed by atoms with van der Waals surface area (Å²) < 4.78 is 0. The second kappa shape index (κ2) is 11.8. The van der Waals surface area contributed by atoms with E-state index in [1.165, 1.54) is 54.9 Å². The zero-order chi connectivity index (χ0) is 22.4. The number of halogens is 2. The average molecular weight is 585 g/mol. The van der Waals surface area contributed by atoms with E-state index in [1.54, 1.807) is 6.92 Å². The van der Waals surface area contributed by atoms with Gasteiger partial charge in [-0.3, -0.25) is 0 Å². The number of fused-ring (bicyclic) bond motifs is 5. The van der Waals surface area contributed by atoms with Gasteiger partial charge in [0.2, 0.25) is 0 Å². The third-order valence-electron chi connectivity index (χ3n) is 7.12. The Balaban J connectivity index is 0.000000706. The molecule has 36 heavy (non-hydrogen) atoms. The zero-order valence-electron chi connectivity index (χ0n) is 20.1. The van der Waals surface area contributed by atoms with Crippen molar-refractivity contribution >= 4 is 33.7 Å². The Kier molecular flexibility index (Phi) is 9.29. The molecule has 176 valence electrons. The van der Waals surface area contributed by atoms with Gasteiger partial charge in [-0.15, -0.1) is 33.7 Å². The van der Waals surface area contributed by atoms with Gasteiger partial charge in [-0.1, -0.05) is 114 Å². The molecule has 0 amide bonds. The Hall–Kier alpha value is -2.31. The molecule has 0 spiro atoms. The summed E-state index contributed by atoms with van der Waals surface area (Å²) in [4.78, 5) is 0. The van der Waals surface area contributed by atoms with E-state index < -0.39 is 0 Å². The van der Waals surface area contributed by atoms with Crippen molar-refractivity contribution < 1.29 is 51.0 Å². The quantitative estimate of drug-likeness (QED) is 0.280. The molecule has 2 unspecified atom stereocenters. The van der Waals surface area contributed by atoms with E-state index in [4.69, 9.17) is 0 Å². The molecule has 0 radical (unpaired) electrons. The van der Waals surface area contributed by atoms with E-state index >= 15 is 0 Å². The van der Waals surface area contributed by atoms with Gasteiger partial charge in [0.05, 0.1) is 0 Å². The van der Waals surface area contributed by atoms with Crippen LogP contribution in [0, 0.1) is 6.92 Å². The number of rotatable bonds is 2. The second-order valence-electron chi connectivity index (χ2n) is 8.69. The Morgan fingerprint density at radius 2 is 1.14 bits per heavy atom. The molecule has 3 heteroatoms. The van der Waals surface area contributed by atoms with Crippen molar-refractivity contribution in [1.82, 2.24) is 0 Å². The SMILES string of the molecule is C1=CC(c2ccc3c([cH-]c4ccccc43)c2C2C=Cc3ccccc32)c2ccccc21.[CH2-]C.[Cl-].[Cl-].[Zr+4]. The fourth-order valence-electron chi connectivity index (χ4n) is 5.71. The molecule has 0 saturated heterocycles. The fourth-order valence-corrected chi connectivity index (χ4v) is 5.71. The van der Waals surface area contributed by atoms with Gasteiger partial charge in [0, 0.05) is 11.8 Å². The molecule has 5 aromatic carbocycles. The molecule has 2 atom stereocenters. The van der Waals surface area contributed by atoms with Crippen LogP contribution in [0.15, 0.2) is 103 Å². The van der Waals surface area contributed by atoms with Crippen LogP contribution in [0.2, 0.25) is 0 Å². The molecule has 5 aromatic rings. The minimum Gasteiger partial charge on any atom is -1.00 e. The Labute approximate surface area is 245 Å². The number of benzene rings is 4. The van der Waals surface area contributed by atoms with Crippen LogP contribution in [-0.4, -0.2) is 0 Å². The largest absolute Gasteiger partial charge is 4.00 e. The first-order chi connectivity index (χ1) is 16.4. The van der Waals surface area contributed by atoms with Crippen molar-refractivity contribution in [2.75, 3.05) is 0 Å². The first-order valence-corrected chi connectivity index (χ1v) is 11.7. The van der Waals surface area contributed by atoms with Crippen LogP contribution >= 0.6 is 0 Å². The third-order valence-corrected chi connectivity index (χ3v) is 7.12. The molecule has 0 fully saturated rings. The summed E-state index contributed by atoms with van der Waals surface area (Å²) in [6.45, 7) is 5.00. The van der Waals surface area contributed by atoms with Crippen LogP contribution in [0.3, 0.4) is 0 Å². The van der Waals surface area contributed by atoms with Gasteiger partial charge in [-0.25, -0.2) is 0 Å². The van der Waals surface area contributed by atoms with Crippen molar-refractivity contribution in [3.8, 4) is 0 Å². The van der Waals surface area contributed by atoms with Crippen molar-refractivity contribution in [2.24, 2.45) is 0 Å². The summed E-state index contributed by atoms with van der Waals surface area (Å²) in [5.41, 5.74) is 8.39. The minimum absolute atomic E-state index is 0. The normalized spacial score (nSPS) is 16.3. The summed E-state index contributed by atoms with van der Waals surface area (Å²) in [5, 5.41) is 5.43. The molecule has 0 aliphatic heterocycles. The Morgan fingerprint density at radius 1 is 0.583 bits per heavy atom. The van der Waals surface area contributed by atoms with Gasteiger partial charge in [0.1, 0.15) is 0 Å². The summed E-state index contributed by atoms with van der Waals surface area (Å²) in [7, 11) is 0. The monoisotopic (exact) mass is 582 g/mol. The summed E-state index contributed by atoms with van der Waals surface area (Å²) in [6.07, 6.45) is 9.35.